The van der Waals surface area contributed by atoms with Crippen molar-refractivity contribution in [3.8, 4) is 0 Å². The molecule has 1 aliphatic rings. The van der Waals surface area contributed by atoms with Gasteiger partial charge in [-0.15, -0.1) is 0 Å². The average Bonchev–Trinajstić information content (AvgIpc) is 2.04. The predicted molar refractivity (Wildman–Crippen MR) is 41.4 cm³/mol. The van der Waals surface area contributed by atoms with Crippen molar-refractivity contribution in [1.29, 1.82) is 0 Å². The summed E-state index contributed by atoms with van der Waals surface area (Å²) in [5.74, 6) is 0. The molecule has 3 nitrogen and oxygen atoms in total. The van der Waals surface area contributed by atoms with Crippen LogP contribution in [-0.2, 0) is 14.2 Å². The maximum absolute atomic E-state index is 5.49. The molecule has 0 aromatic heterocycles. The maximum atomic E-state index is 5.49. The van der Waals surface area contributed by atoms with Gasteiger partial charge in [0.05, 0.1) is 12.2 Å². The Morgan fingerprint density at radius 3 is 2.36 bits per heavy atom. The molecule has 0 aromatic rings. The zero-order valence-electron chi connectivity index (χ0n) is 7.37. The topological polar surface area (TPSA) is 27.7 Å². The van der Waals surface area contributed by atoms with Gasteiger partial charge in [0, 0.05) is 20.6 Å². The monoisotopic (exact) mass is 160 g/mol. The smallest absolute Gasteiger partial charge is 0.157 e. The summed E-state index contributed by atoms with van der Waals surface area (Å²) in [6.45, 7) is 2.01. The van der Waals surface area contributed by atoms with Crippen LogP contribution in [0, 0.1) is 0 Å². The molecule has 1 saturated heterocycles. The minimum absolute atomic E-state index is 0.0311. The standard InChI is InChI=1S/C8H16O3/c1-6-7(9-2)4-5-8(10-3)11-6/h6-8H,4-5H2,1-3H3/t6-,7?,8?/m0/s1. The molecule has 3 heteroatoms. The highest BCUT2D eigenvalue weighted by atomic mass is 16.7. The number of rotatable bonds is 2. The van der Waals surface area contributed by atoms with E-state index in [0.717, 1.165) is 12.8 Å². The van der Waals surface area contributed by atoms with Gasteiger partial charge in [0.25, 0.3) is 0 Å². The summed E-state index contributed by atoms with van der Waals surface area (Å²) in [5, 5.41) is 0. The van der Waals surface area contributed by atoms with Crippen LogP contribution in [0.5, 0.6) is 0 Å². The highest BCUT2D eigenvalue weighted by Gasteiger charge is 2.27. The van der Waals surface area contributed by atoms with Gasteiger partial charge in [-0.25, -0.2) is 0 Å². The lowest BCUT2D eigenvalue weighted by atomic mass is 10.1. The third kappa shape index (κ3) is 2.15. The van der Waals surface area contributed by atoms with Crippen LogP contribution in [0.2, 0.25) is 0 Å². The van der Waals surface area contributed by atoms with Crippen LogP contribution < -0.4 is 0 Å². The summed E-state index contributed by atoms with van der Waals surface area (Å²) in [4.78, 5) is 0. The van der Waals surface area contributed by atoms with Crippen molar-refractivity contribution in [2.75, 3.05) is 14.2 Å². The van der Waals surface area contributed by atoms with Crippen LogP contribution in [0.3, 0.4) is 0 Å². The third-order valence-corrected chi connectivity index (χ3v) is 2.14. The summed E-state index contributed by atoms with van der Waals surface area (Å²) in [6.07, 6.45) is 2.31. The van der Waals surface area contributed by atoms with Crippen LogP contribution >= 0.6 is 0 Å². The summed E-state index contributed by atoms with van der Waals surface area (Å²) < 4.78 is 15.8. The second-order valence-corrected chi connectivity index (χ2v) is 2.86. The van der Waals surface area contributed by atoms with Crippen LogP contribution in [0.25, 0.3) is 0 Å². The van der Waals surface area contributed by atoms with Crippen LogP contribution in [-0.4, -0.2) is 32.7 Å². The van der Waals surface area contributed by atoms with Crippen LogP contribution in [0.15, 0.2) is 0 Å². The minimum Gasteiger partial charge on any atom is -0.379 e. The zero-order chi connectivity index (χ0) is 8.27. The third-order valence-electron chi connectivity index (χ3n) is 2.14. The predicted octanol–water partition coefficient (Wildman–Crippen LogP) is 1.17. The van der Waals surface area contributed by atoms with Gasteiger partial charge in [-0.1, -0.05) is 0 Å². The van der Waals surface area contributed by atoms with E-state index in [2.05, 4.69) is 0 Å². The Hall–Kier alpha value is -0.120. The van der Waals surface area contributed by atoms with Gasteiger partial charge in [0.15, 0.2) is 6.29 Å². The molecule has 1 aliphatic heterocycles. The summed E-state index contributed by atoms with van der Waals surface area (Å²) in [5.41, 5.74) is 0. The lowest BCUT2D eigenvalue weighted by Crippen LogP contribution is -2.38. The van der Waals surface area contributed by atoms with E-state index in [-0.39, 0.29) is 18.5 Å². The molecule has 1 heterocycles. The highest BCUT2D eigenvalue weighted by molar-refractivity contribution is 4.72. The summed E-state index contributed by atoms with van der Waals surface area (Å²) in [6, 6.07) is 0. The van der Waals surface area contributed by atoms with Crippen molar-refractivity contribution in [3.05, 3.63) is 0 Å². The van der Waals surface area contributed by atoms with E-state index in [4.69, 9.17) is 14.2 Å². The van der Waals surface area contributed by atoms with Crippen LogP contribution in [0.1, 0.15) is 19.8 Å². The van der Waals surface area contributed by atoms with E-state index >= 15 is 0 Å². The van der Waals surface area contributed by atoms with Gasteiger partial charge in [0.2, 0.25) is 0 Å². The Balaban J connectivity index is 2.34. The first-order valence-electron chi connectivity index (χ1n) is 3.99. The Morgan fingerprint density at radius 1 is 1.18 bits per heavy atom. The van der Waals surface area contributed by atoms with Crippen molar-refractivity contribution < 1.29 is 14.2 Å². The lowest BCUT2D eigenvalue weighted by molar-refractivity contribution is -0.210. The van der Waals surface area contributed by atoms with Crippen molar-refractivity contribution >= 4 is 0 Å². The van der Waals surface area contributed by atoms with Gasteiger partial charge in [-0.3, -0.25) is 0 Å². The molecule has 0 aliphatic carbocycles. The highest BCUT2D eigenvalue weighted by Crippen LogP contribution is 2.21. The fraction of sp³-hybridized carbons (Fsp3) is 1.00. The van der Waals surface area contributed by atoms with Crippen molar-refractivity contribution in [2.24, 2.45) is 0 Å². The molecule has 0 aromatic carbocycles. The first-order chi connectivity index (χ1) is 5.27. The SMILES string of the molecule is COC1CCC(OC)[C@H](C)O1. The largest absolute Gasteiger partial charge is 0.379 e. The van der Waals surface area contributed by atoms with Crippen molar-refractivity contribution in [2.45, 2.75) is 38.3 Å². The number of ether oxygens (including phenoxy) is 3. The normalized spacial score (nSPS) is 39.0. The van der Waals surface area contributed by atoms with Gasteiger partial charge < -0.3 is 14.2 Å². The molecule has 0 amide bonds. The van der Waals surface area contributed by atoms with Crippen LogP contribution in [0.4, 0.5) is 0 Å². The molecule has 2 unspecified atom stereocenters. The van der Waals surface area contributed by atoms with E-state index in [0.29, 0.717) is 0 Å². The molecular formula is C8H16O3. The molecule has 0 radical (unpaired) electrons. The number of methoxy groups -OCH3 is 2. The number of hydrogen-bond donors (Lipinski definition) is 0. The molecule has 1 fully saturated rings. The van der Waals surface area contributed by atoms with E-state index in [9.17, 15) is 0 Å². The van der Waals surface area contributed by atoms with E-state index in [1.807, 2.05) is 6.92 Å². The Morgan fingerprint density at radius 2 is 1.91 bits per heavy atom. The minimum atomic E-state index is -0.0311. The fourth-order valence-corrected chi connectivity index (χ4v) is 1.41. The van der Waals surface area contributed by atoms with E-state index in [1.165, 1.54) is 0 Å². The molecule has 0 spiro atoms. The second-order valence-electron chi connectivity index (χ2n) is 2.86. The van der Waals surface area contributed by atoms with Gasteiger partial charge >= 0.3 is 0 Å². The fourth-order valence-electron chi connectivity index (χ4n) is 1.41. The second kappa shape index (κ2) is 4.04. The first-order valence-corrected chi connectivity index (χ1v) is 3.99. The van der Waals surface area contributed by atoms with Gasteiger partial charge in [0.1, 0.15) is 0 Å². The molecule has 3 atom stereocenters. The molecule has 0 saturated carbocycles. The average molecular weight is 160 g/mol. The number of hydrogen-bond acceptors (Lipinski definition) is 3. The Bertz CT molecular complexity index is 116. The molecule has 11 heavy (non-hydrogen) atoms. The van der Waals surface area contributed by atoms with E-state index in [1.54, 1.807) is 14.2 Å². The lowest BCUT2D eigenvalue weighted by Gasteiger charge is -2.32. The Labute approximate surface area is 67.6 Å². The molecule has 0 N–H and O–H groups in total. The zero-order valence-corrected chi connectivity index (χ0v) is 7.37. The van der Waals surface area contributed by atoms with Crippen molar-refractivity contribution in [3.63, 3.8) is 0 Å². The van der Waals surface area contributed by atoms with Gasteiger partial charge in [-0.2, -0.15) is 0 Å². The molecule has 66 valence electrons. The van der Waals surface area contributed by atoms with Crippen molar-refractivity contribution in [1.82, 2.24) is 0 Å². The summed E-state index contributed by atoms with van der Waals surface area (Å²) >= 11 is 0. The molecule has 1 rings (SSSR count). The molecule has 0 bridgehead atoms. The van der Waals surface area contributed by atoms with Gasteiger partial charge in [-0.05, 0) is 13.3 Å². The maximum Gasteiger partial charge on any atom is 0.157 e. The quantitative estimate of drug-likeness (QED) is 0.607. The van der Waals surface area contributed by atoms with E-state index < -0.39 is 0 Å². The Kier molecular flexibility index (Phi) is 3.30. The summed E-state index contributed by atoms with van der Waals surface area (Å²) in [7, 11) is 3.39. The molecular weight excluding hydrogens is 144 g/mol. The first kappa shape index (κ1) is 8.97.